The van der Waals surface area contributed by atoms with Gasteiger partial charge in [0.05, 0.1) is 6.42 Å². The number of ether oxygens (including phenoxy) is 3. The van der Waals surface area contributed by atoms with E-state index < -0.39 is 18.0 Å². The molecule has 0 rings (SSSR count). The van der Waals surface area contributed by atoms with Crippen LogP contribution in [0.4, 0.5) is 0 Å². The van der Waals surface area contributed by atoms with Gasteiger partial charge in [0.15, 0.2) is 6.10 Å². The van der Waals surface area contributed by atoms with Gasteiger partial charge >= 0.3 is 17.9 Å². The fourth-order valence-electron chi connectivity index (χ4n) is 4.52. The predicted molar refractivity (Wildman–Crippen MR) is 214 cm³/mol. The first-order valence-corrected chi connectivity index (χ1v) is 19.4. The van der Waals surface area contributed by atoms with Crippen molar-refractivity contribution in [2.24, 2.45) is 0 Å². The molecule has 6 heteroatoms. The monoisotopic (exact) mass is 705 g/mol. The molecule has 0 bridgehead atoms. The summed E-state index contributed by atoms with van der Waals surface area (Å²) in [7, 11) is 0. The molecule has 0 aromatic rings. The van der Waals surface area contributed by atoms with Crippen molar-refractivity contribution in [1.29, 1.82) is 0 Å². The molecule has 0 fully saturated rings. The first-order chi connectivity index (χ1) is 25.0. The van der Waals surface area contributed by atoms with Gasteiger partial charge in [-0.05, 0) is 77.0 Å². The Morgan fingerprint density at radius 2 is 0.902 bits per heavy atom. The van der Waals surface area contributed by atoms with Crippen LogP contribution in [0.15, 0.2) is 109 Å². The van der Waals surface area contributed by atoms with Crippen LogP contribution in [-0.2, 0) is 28.6 Å². The van der Waals surface area contributed by atoms with Crippen LogP contribution in [0.5, 0.6) is 0 Å². The Labute approximate surface area is 310 Å². The molecule has 0 spiro atoms. The minimum absolute atomic E-state index is 0.116. The summed E-state index contributed by atoms with van der Waals surface area (Å²) in [6.07, 6.45) is 51.2. The molecule has 284 valence electrons. The van der Waals surface area contributed by atoms with Crippen LogP contribution in [0, 0.1) is 0 Å². The largest absolute Gasteiger partial charge is 0.462 e. The standard InChI is InChI=1S/C45H68O6/c1-4-7-10-13-16-19-21-22-24-26-29-32-35-38-44(47)50-41-42(40-49-43(46)37-34-31-28-25-18-15-12-9-6-3)51-45(48)39-36-33-30-27-23-20-17-14-11-8-5-2/h7-13,16-21,25,27,30-31,34,42H,4-6,14-15,22-24,26,28-29,32-33,35-41H2,1-3H3/b10-7-,11-8-,12-9-,16-13-,20-17-,21-19-,25-18-,30-27-,34-31-. The lowest BCUT2D eigenvalue weighted by Crippen LogP contribution is -2.30. The lowest BCUT2D eigenvalue weighted by atomic mass is 10.1. The van der Waals surface area contributed by atoms with E-state index in [1.807, 2.05) is 18.2 Å². The molecule has 0 N–H and O–H groups in total. The molecule has 1 atom stereocenters. The third kappa shape index (κ3) is 37.2. The minimum atomic E-state index is -0.846. The van der Waals surface area contributed by atoms with Gasteiger partial charge in [0, 0.05) is 12.8 Å². The molecule has 0 aliphatic rings. The minimum Gasteiger partial charge on any atom is -0.462 e. The Balaban J connectivity index is 4.60. The Hall–Kier alpha value is -3.93. The van der Waals surface area contributed by atoms with Crippen LogP contribution in [0.1, 0.15) is 136 Å². The van der Waals surface area contributed by atoms with Gasteiger partial charge in [-0.2, -0.15) is 0 Å². The summed E-state index contributed by atoms with van der Waals surface area (Å²) in [5, 5.41) is 0. The van der Waals surface area contributed by atoms with Crippen molar-refractivity contribution in [3.05, 3.63) is 109 Å². The number of hydrogen-bond acceptors (Lipinski definition) is 6. The first kappa shape index (κ1) is 47.1. The third-order valence-corrected chi connectivity index (χ3v) is 7.35. The van der Waals surface area contributed by atoms with Gasteiger partial charge in [-0.1, -0.05) is 149 Å². The second kappa shape index (κ2) is 38.9. The van der Waals surface area contributed by atoms with E-state index in [0.717, 1.165) is 89.9 Å². The quantitative estimate of drug-likeness (QED) is 0.0228. The molecule has 0 amide bonds. The maximum atomic E-state index is 12.6. The van der Waals surface area contributed by atoms with E-state index in [9.17, 15) is 14.4 Å². The van der Waals surface area contributed by atoms with Gasteiger partial charge in [0.1, 0.15) is 13.2 Å². The summed E-state index contributed by atoms with van der Waals surface area (Å²) in [5.41, 5.74) is 0. The maximum absolute atomic E-state index is 12.6. The van der Waals surface area contributed by atoms with E-state index in [0.29, 0.717) is 12.8 Å². The van der Waals surface area contributed by atoms with Gasteiger partial charge in [0.25, 0.3) is 0 Å². The highest BCUT2D eigenvalue weighted by Gasteiger charge is 2.19. The summed E-state index contributed by atoms with van der Waals surface area (Å²) in [6, 6.07) is 0. The summed E-state index contributed by atoms with van der Waals surface area (Å²) < 4.78 is 16.4. The number of unbranched alkanes of at least 4 members (excludes halogenated alkanes) is 6. The van der Waals surface area contributed by atoms with Crippen molar-refractivity contribution in [1.82, 2.24) is 0 Å². The van der Waals surface area contributed by atoms with Crippen LogP contribution in [0.2, 0.25) is 0 Å². The fourth-order valence-corrected chi connectivity index (χ4v) is 4.52. The van der Waals surface area contributed by atoms with Crippen LogP contribution < -0.4 is 0 Å². The predicted octanol–water partition coefficient (Wildman–Crippen LogP) is 12.1. The van der Waals surface area contributed by atoms with E-state index in [2.05, 4.69) is 106 Å². The van der Waals surface area contributed by atoms with Crippen LogP contribution in [0.25, 0.3) is 0 Å². The van der Waals surface area contributed by atoms with Crippen LogP contribution in [0.3, 0.4) is 0 Å². The first-order valence-electron chi connectivity index (χ1n) is 19.4. The molecule has 0 saturated carbocycles. The van der Waals surface area contributed by atoms with E-state index in [1.54, 1.807) is 6.08 Å². The Bertz CT molecular complexity index is 1130. The molecular weight excluding hydrogens is 636 g/mol. The number of hydrogen-bond donors (Lipinski definition) is 0. The SMILES string of the molecule is CC\C=C/C=C\C=C/CCCCCCCC(=O)OCC(COC(=O)C/C=C\C/C=C\C/C=C\CC)OC(=O)CCC/C=C\C/C=C\C/C=C\CC. The van der Waals surface area contributed by atoms with E-state index >= 15 is 0 Å². The topological polar surface area (TPSA) is 78.9 Å². The number of allylic oxidation sites excluding steroid dienone is 17. The molecule has 0 heterocycles. The summed E-state index contributed by atoms with van der Waals surface area (Å²) in [4.78, 5) is 37.4. The van der Waals surface area contributed by atoms with Crippen LogP contribution >= 0.6 is 0 Å². The maximum Gasteiger partial charge on any atom is 0.309 e. The van der Waals surface area contributed by atoms with Gasteiger partial charge in [-0.25, -0.2) is 0 Å². The normalized spacial score (nSPS) is 13.2. The summed E-state index contributed by atoms with van der Waals surface area (Å²) in [6.45, 7) is 6.04. The van der Waals surface area contributed by atoms with Crippen molar-refractivity contribution in [3.8, 4) is 0 Å². The number of carbonyl (C=O) groups excluding carboxylic acids is 3. The van der Waals surface area contributed by atoms with E-state index in [-0.39, 0.29) is 32.0 Å². The van der Waals surface area contributed by atoms with E-state index in [4.69, 9.17) is 14.2 Å². The third-order valence-electron chi connectivity index (χ3n) is 7.35. The van der Waals surface area contributed by atoms with Crippen molar-refractivity contribution in [3.63, 3.8) is 0 Å². The highest BCUT2D eigenvalue weighted by molar-refractivity contribution is 5.72. The molecule has 6 nitrogen and oxygen atoms in total. The molecule has 0 aliphatic heterocycles. The van der Waals surface area contributed by atoms with Crippen molar-refractivity contribution in [2.75, 3.05) is 13.2 Å². The average molecular weight is 705 g/mol. The summed E-state index contributed by atoms with van der Waals surface area (Å²) >= 11 is 0. The second-order valence-electron chi connectivity index (χ2n) is 12.1. The molecule has 0 radical (unpaired) electrons. The lowest BCUT2D eigenvalue weighted by Gasteiger charge is -2.18. The Kier molecular flexibility index (Phi) is 35.9. The van der Waals surface area contributed by atoms with Crippen molar-refractivity contribution in [2.45, 2.75) is 142 Å². The molecule has 0 aliphatic carbocycles. The Morgan fingerprint density at radius 1 is 0.431 bits per heavy atom. The van der Waals surface area contributed by atoms with Crippen molar-refractivity contribution < 1.29 is 28.6 Å². The van der Waals surface area contributed by atoms with Crippen LogP contribution in [-0.4, -0.2) is 37.2 Å². The molecule has 0 saturated heterocycles. The number of esters is 3. The van der Waals surface area contributed by atoms with Gasteiger partial charge in [-0.3, -0.25) is 14.4 Å². The number of carbonyl (C=O) groups is 3. The number of rotatable bonds is 32. The fraction of sp³-hybridized carbons (Fsp3) is 0.533. The highest BCUT2D eigenvalue weighted by Crippen LogP contribution is 2.10. The van der Waals surface area contributed by atoms with Crippen molar-refractivity contribution >= 4 is 17.9 Å². The molecule has 0 aromatic heterocycles. The van der Waals surface area contributed by atoms with E-state index in [1.165, 1.54) is 0 Å². The highest BCUT2D eigenvalue weighted by atomic mass is 16.6. The zero-order valence-electron chi connectivity index (χ0n) is 32.1. The molecule has 0 aromatic carbocycles. The second-order valence-corrected chi connectivity index (χ2v) is 12.1. The van der Waals surface area contributed by atoms with Gasteiger partial charge in [-0.15, -0.1) is 0 Å². The average Bonchev–Trinajstić information content (AvgIpc) is 3.12. The molecule has 51 heavy (non-hydrogen) atoms. The Morgan fingerprint density at radius 3 is 1.53 bits per heavy atom. The molecular formula is C45H68O6. The zero-order valence-corrected chi connectivity index (χ0v) is 32.1. The zero-order chi connectivity index (χ0) is 37.3. The summed E-state index contributed by atoms with van der Waals surface area (Å²) in [5.74, 6) is -1.16. The smallest absolute Gasteiger partial charge is 0.309 e. The van der Waals surface area contributed by atoms with Gasteiger partial charge < -0.3 is 14.2 Å². The van der Waals surface area contributed by atoms with Gasteiger partial charge in [0.2, 0.25) is 0 Å². The molecule has 1 unspecified atom stereocenters. The lowest BCUT2D eigenvalue weighted by molar-refractivity contribution is -0.166.